The number of methoxy groups -OCH3 is 1. The molecule has 2 rings (SSSR count). The molecule has 2 saturated carbocycles. The normalized spacial score (nSPS) is 29.8. The monoisotopic (exact) mass is 268 g/mol. The van der Waals surface area contributed by atoms with Crippen molar-refractivity contribution in [1.29, 1.82) is 0 Å². The summed E-state index contributed by atoms with van der Waals surface area (Å²) in [5.41, 5.74) is 5.74. The molecule has 2 fully saturated rings. The van der Waals surface area contributed by atoms with Crippen LogP contribution in [0.4, 0.5) is 0 Å². The van der Waals surface area contributed by atoms with Crippen molar-refractivity contribution in [3.63, 3.8) is 0 Å². The van der Waals surface area contributed by atoms with Crippen LogP contribution in [0.2, 0.25) is 0 Å². The Kier molecular flexibility index (Phi) is 6.62. The van der Waals surface area contributed by atoms with E-state index in [0.29, 0.717) is 6.10 Å². The van der Waals surface area contributed by atoms with E-state index >= 15 is 0 Å². The summed E-state index contributed by atoms with van der Waals surface area (Å²) in [6.45, 7) is 2.02. The van der Waals surface area contributed by atoms with E-state index in [1.165, 1.54) is 64.3 Å². The lowest BCUT2D eigenvalue weighted by Crippen LogP contribution is -2.48. The van der Waals surface area contributed by atoms with E-state index in [1.54, 1.807) is 0 Å². The zero-order valence-corrected chi connectivity index (χ0v) is 12.7. The van der Waals surface area contributed by atoms with Crippen molar-refractivity contribution in [2.24, 2.45) is 5.73 Å². The summed E-state index contributed by atoms with van der Waals surface area (Å²) >= 11 is 0. The molecular formula is C16H32N2O. The molecule has 19 heavy (non-hydrogen) atoms. The minimum absolute atomic E-state index is 0.489. The van der Waals surface area contributed by atoms with Crippen LogP contribution in [0.1, 0.15) is 64.2 Å². The molecule has 3 nitrogen and oxygen atoms in total. The van der Waals surface area contributed by atoms with Crippen molar-refractivity contribution in [1.82, 2.24) is 4.90 Å². The van der Waals surface area contributed by atoms with E-state index in [0.717, 1.165) is 25.0 Å². The maximum absolute atomic E-state index is 5.74. The van der Waals surface area contributed by atoms with Gasteiger partial charge in [-0.25, -0.2) is 0 Å². The SMILES string of the molecule is COC1CCCC(N(CCCN)C2CCCCC2)C1. The first kappa shape index (κ1) is 15.3. The highest BCUT2D eigenvalue weighted by molar-refractivity contribution is 4.86. The molecule has 0 spiro atoms. The topological polar surface area (TPSA) is 38.5 Å². The second kappa shape index (κ2) is 8.23. The van der Waals surface area contributed by atoms with Gasteiger partial charge in [-0.3, -0.25) is 4.90 Å². The van der Waals surface area contributed by atoms with Gasteiger partial charge in [0.25, 0.3) is 0 Å². The molecule has 2 aliphatic carbocycles. The highest BCUT2D eigenvalue weighted by Gasteiger charge is 2.31. The lowest BCUT2D eigenvalue weighted by atomic mass is 9.87. The van der Waals surface area contributed by atoms with Crippen molar-refractivity contribution in [3.05, 3.63) is 0 Å². The van der Waals surface area contributed by atoms with Crippen molar-refractivity contribution >= 4 is 0 Å². The van der Waals surface area contributed by atoms with E-state index < -0.39 is 0 Å². The standard InChI is InChI=1S/C16H32N2O/c1-19-16-10-5-9-15(13-16)18(12-6-11-17)14-7-3-2-4-8-14/h14-16H,2-13,17H2,1H3. The van der Waals surface area contributed by atoms with E-state index in [-0.39, 0.29) is 0 Å². The van der Waals surface area contributed by atoms with Gasteiger partial charge in [0, 0.05) is 19.2 Å². The zero-order valence-electron chi connectivity index (χ0n) is 12.7. The fourth-order valence-corrected chi connectivity index (χ4v) is 3.99. The molecule has 2 aliphatic rings. The average molecular weight is 268 g/mol. The van der Waals surface area contributed by atoms with Crippen LogP contribution in [0, 0.1) is 0 Å². The van der Waals surface area contributed by atoms with E-state index in [4.69, 9.17) is 10.5 Å². The molecule has 0 aromatic carbocycles. The number of nitrogens with two attached hydrogens (primary N) is 1. The van der Waals surface area contributed by atoms with Crippen LogP contribution in [0.5, 0.6) is 0 Å². The van der Waals surface area contributed by atoms with Crippen LogP contribution >= 0.6 is 0 Å². The predicted octanol–water partition coefficient (Wildman–Crippen LogP) is 2.93. The molecule has 2 N–H and O–H groups in total. The van der Waals surface area contributed by atoms with Crippen molar-refractivity contribution in [3.8, 4) is 0 Å². The van der Waals surface area contributed by atoms with E-state index in [2.05, 4.69) is 4.90 Å². The van der Waals surface area contributed by atoms with Crippen molar-refractivity contribution < 1.29 is 4.74 Å². The van der Waals surface area contributed by atoms with Crippen LogP contribution in [-0.4, -0.2) is 43.3 Å². The molecule has 2 atom stereocenters. The number of hydrogen-bond donors (Lipinski definition) is 1. The van der Waals surface area contributed by atoms with Crippen LogP contribution in [0.25, 0.3) is 0 Å². The van der Waals surface area contributed by atoms with Gasteiger partial charge < -0.3 is 10.5 Å². The zero-order chi connectivity index (χ0) is 13.5. The molecule has 0 aromatic heterocycles. The molecule has 2 unspecified atom stereocenters. The first-order valence-corrected chi connectivity index (χ1v) is 8.33. The Morgan fingerprint density at radius 2 is 1.74 bits per heavy atom. The van der Waals surface area contributed by atoms with Gasteiger partial charge in [0.1, 0.15) is 0 Å². The van der Waals surface area contributed by atoms with E-state index in [9.17, 15) is 0 Å². The fraction of sp³-hybridized carbons (Fsp3) is 1.00. The number of hydrogen-bond acceptors (Lipinski definition) is 3. The molecule has 0 amide bonds. The van der Waals surface area contributed by atoms with E-state index in [1.807, 2.05) is 7.11 Å². The molecule has 3 heteroatoms. The van der Waals surface area contributed by atoms with Gasteiger partial charge >= 0.3 is 0 Å². The van der Waals surface area contributed by atoms with Gasteiger partial charge in [-0.05, 0) is 58.0 Å². The summed E-state index contributed by atoms with van der Waals surface area (Å²) in [7, 11) is 1.87. The summed E-state index contributed by atoms with van der Waals surface area (Å²) in [5.74, 6) is 0. The average Bonchev–Trinajstić information content (AvgIpc) is 2.49. The molecule has 0 saturated heterocycles. The quantitative estimate of drug-likeness (QED) is 0.805. The number of nitrogens with zero attached hydrogens (tertiary/aromatic N) is 1. The lowest BCUT2D eigenvalue weighted by molar-refractivity contribution is 0.00743. The minimum atomic E-state index is 0.489. The summed E-state index contributed by atoms with van der Waals surface area (Å²) in [6, 6.07) is 1.56. The third-order valence-corrected chi connectivity index (χ3v) is 5.06. The lowest BCUT2D eigenvalue weighted by Gasteiger charge is -2.43. The van der Waals surface area contributed by atoms with Crippen LogP contribution in [0.15, 0.2) is 0 Å². The second-order valence-electron chi connectivity index (χ2n) is 6.35. The summed E-state index contributed by atoms with van der Waals surface area (Å²) in [4.78, 5) is 2.80. The van der Waals surface area contributed by atoms with Crippen LogP contribution < -0.4 is 5.73 Å². The van der Waals surface area contributed by atoms with Gasteiger partial charge in [-0.15, -0.1) is 0 Å². The summed E-state index contributed by atoms with van der Waals surface area (Å²) < 4.78 is 5.61. The van der Waals surface area contributed by atoms with Crippen LogP contribution in [-0.2, 0) is 4.74 Å². The number of ether oxygens (including phenoxy) is 1. The van der Waals surface area contributed by atoms with Crippen molar-refractivity contribution in [2.45, 2.75) is 82.4 Å². The van der Waals surface area contributed by atoms with Gasteiger partial charge in [0.05, 0.1) is 6.10 Å². The molecule has 0 aliphatic heterocycles. The minimum Gasteiger partial charge on any atom is -0.381 e. The summed E-state index contributed by atoms with van der Waals surface area (Å²) in [6.07, 6.45) is 13.9. The Labute approximate surface area is 118 Å². The molecule has 0 radical (unpaired) electrons. The molecular weight excluding hydrogens is 236 g/mol. The Balaban J connectivity index is 1.94. The largest absolute Gasteiger partial charge is 0.381 e. The second-order valence-corrected chi connectivity index (χ2v) is 6.35. The molecule has 0 aromatic rings. The van der Waals surface area contributed by atoms with Crippen LogP contribution in [0.3, 0.4) is 0 Å². The van der Waals surface area contributed by atoms with Gasteiger partial charge in [-0.2, -0.15) is 0 Å². The van der Waals surface area contributed by atoms with Gasteiger partial charge in [0.15, 0.2) is 0 Å². The Bertz CT molecular complexity index is 241. The Hall–Kier alpha value is -0.120. The molecule has 112 valence electrons. The third kappa shape index (κ3) is 4.44. The molecule has 0 heterocycles. The third-order valence-electron chi connectivity index (χ3n) is 5.06. The van der Waals surface area contributed by atoms with Gasteiger partial charge in [0.2, 0.25) is 0 Å². The number of rotatable bonds is 6. The molecule has 0 bridgehead atoms. The fourth-order valence-electron chi connectivity index (χ4n) is 3.99. The highest BCUT2D eigenvalue weighted by atomic mass is 16.5. The first-order valence-electron chi connectivity index (χ1n) is 8.33. The maximum Gasteiger partial charge on any atom is 0.0586 e. The smallest absolute Gasteiger partial charge is 0.0586 e. The van der Waals surface area contributed by atoms with Gasteiger partial charge in [-0.1, -0.05) is 19.3 Å². The highest BCUT2D eigenvalue weighted by Crippen LogP contribution is 2.31. The Morgan fingerprint density at radius 3 is 2.42 bits per heavy atom. The maximum atomic E-state index is 5.74. The first-order chi connectivity index (χ1) is 9.35. The Morgan fingerprint density at radius 1 is 1.00 bits per heavy atom. The summed E-state index contributed by atoms with van der Waals surface area (Å²) in [5, 5.41) is 0. The van der Waals surface area contributed by atoms with Crippen molar-refractivity contribution in [2.75, 3.05) is 20.2 Å². The predicted molar refractivity (Wildman–Crippen MR) is 80.3 cm³/mol.